The Morgan fingerprint density at radius 2 is 1.91 bits per heavy atom. The smallest absolute Gasteiger partial charge is 0.339 e. The average Bonchev–Trinajstić information content (AvgIpc) is 2.81. The highest BCUT2D eigenvalue weighted by molar-refractivity contribution is 6.16. The maximum absolute atomic E-state index is 11.7. The third kappa shape index (κ3) is 5.12. The van der Waals surface area contributed by atoms with E-state index in [9.17, 15) is 15.2 Å². The van der Waals surface area contributed by atoms with Gasteiger partial charge in [0, 0.05) is 0 Å². The van der Waals surface area contributed by atoms with Crippen LogP contribution in [0, 0.1) is 11.3 Å². The third-order valence-corrected chi connectivity index (χ3v) is 4.22. The van der Waals surface area contributed by atoms with Gasteiger partial charge in [0.25, 0.3) is 0 Å². The van der Waals surface area contributed by atoms with E-state index in [4.69, 9.17) is 18.9 Å². The van der Waals surface area contributed by atoms with Gasteiger partial charge in [-0.15, -0.1) is 0 Å². The molecule has 3 rings (SSSR count). The van der Waals surface area contributed by atoms with E-state index in [1.54, 1.807) is 42.5 Å². The molecule has 0 aliphatic rings. The van der Waals surface area contributed by atoms with Gasteiger partial charge in [0.1, 0.15) is 41.6 Å². The first-order valence-electron chi connectivity index (χ1n) is 9.31. The third-order valence-electron chi connectivity index (χ3n) is 4.22. The number of methoxy groups -OCH3 is 2. The fourth-order valence-corrected chi connectivity index (χ4v) is 2.81. The van der Waals surface area contributed by atoms with Crippen LogP contribution in [0.25, 0.3) is 5.57 Å². The van der Waals surface area contributed by atoms with Crippen LogP contribution in [0.1, 0.15) is 16.7 Å². The minimum Gasteiger partial charge on any atom is -0.503 e. The number of aromatic nitrogens is 2. The second-order valence-electron chi connectivity index (χ2n) is 6.28. The Bertz CT molecular complexity index is 1190. The molecule has 0 bridgehead atoms. The molecule has 1 aromatic heterocycles. The van der Waals surface area contributed by atoms with E-state index in [-0.39, 0.29) is 29.5 Å². The Kier molecular flexibility index (Phi) is 7.22. The van der Waals surface area contributed by atoms with Gasteiger partial charge in [0.2, 0.25) is 11.8 Å². The second kappa shape index (κ2) is 10.4. The summed E-state index contributed by atoms with van der Waals surface area (Å²) >= 11 is 0. The number of ether oxygens (including phenoxy) is 4. The summed E-state index contributed by atoms with van der Waals surface area (Å²) < 4.78 is 21.7. The number of nitrogens with zero attached hydrogens (tertiary/aromatic N) is 3. The molecule has 9 nitrogen and oxygen atoms in total. The van der Waals surface area contributed by atoms with E-state index in [1.165, 1.54) is 20.5 Å². The van der Waals surface area contributed by atoms with E-state index in [0.717, 1.165) is 11.8 Å². The first-order chi connectivity index (χ1) is 15.6. The van der Waals surface area contributed by atoms with Gasteiger partial charge in [0.15, 0.2) is 0 Å². The standard InChI is InChI=1S/C23H19N3O6/c1-29-13-18(23(27)28)20-21(30-2)25-14-26-22(20)32-17-8-5-6-15(10-17)12-31-19-9-4-3-7-16(19)11-24/h3-10,13-14H,12H2,1-2H3,(H,27,28). The van der Waals surface area contributed by atoms with Crippen LogP contribution in [0.3, 0.4) is 0 Å². The maximum Gasteiger partial charge on any atom is 0.339 e. The number of carboxylic acids is 1. The van der Waals surface area contributed by atoms with Crippen LogP contribution in [0.4, 0.5) is 0 Å². The summed E-state index contributed by atoms with van der Waals surface area (Å²) in [7, 11) is 2.69. The number of carboxylic acid groups (broad SMARTS) is 1. The van der Waals surface area contributed by atoms with Crippen LogP contribution in [0.15, 0.2) is 61.1 Å². The molecule has 3 aromatic rings. The van der Waals surface area contributed by atoms with Crippen molar-refractivity contribution in [1.29, 1.82) is 5.26 Å². The summed E-state index contributed by atoms with van der Waals surface area (Å²) in [6.07, 6.45) is 2.25. The zero-order chi connectivity index (χ0) is 22.9. The fraction of sp³-hybridized carbons (Fsp3) is 0.130. The number of aliphatic carboxylic acids is 1. The normalized spacial score (nSPS) is 10.7. The lowest BCUT2D eigenvalue weighted by atomic mass is 10.1. The fourth-order valence-electron chi connectivity index (χ4n) is 2.81. The molecule has 0 fully saturated rings. The molecule has 162 valence electrons. The van der Waals surface area contributed by atoms with Crippen molar-refractivity contribution in [2.24, 2.45) is 0 Å². The molecule has 0 saturated heterocycles. The molecule has 1 heterocycles. The van der Waals surface area contributed by atoms with Crippen LogP contribution >= 0.6 is 0 Å². The molecule has 9 heteroatoms. The summed E-state index contributed by atoms with van der Waals surface area (Å²) in [5, 5.41) is 18.8. The van der Waals surface area contributed by atoms with Gasteiger partial charge in [-0.25, -0.2) is 14.8 Å². The first-order valence-corrected chi connectivity index (χ1v) is 9.31. The number of para-hydroxylation sites is 1. The van der Waals surface area contributed by atoms with Gasteiger partial charge in [-0.05, 0) is 29.8 Å². The molecule has 0 spiro atoms. The Balaban J connectivity index is 1.88. The number of rotatable bonds is 9. The largest absolute Gasteiger partial charge is 0.503 e. The SMILES string of the molecule is COC=C(C(=O)O)c1c(OC)ncnc1Oc1cccc(COc2ccccc2C#N)c1. The topological polar surface area (TPSA) is 124 Å². The molecule has 0 aliphatic heterocycles. The van der Waals surface area contributed by atoms with E-state index >= 15 is 0 Å². The summed E-state index contributed by atoms with van der Waals surface area (Å²) in [4.78, 5) is 19.8. The molecular formula is C23H19N3O6. The summed E-state index contributed by atoms with van der Waals surface area (Å²) in [6.45, 7) is 0.194. The molecule has 0 atom stereocenters. The molecule has 1 N–H and O–H groups in total. The van der Waals surface area contributed by atoms with Gasteiger partial charge >= 0.3 is 5.97 Å². The molecular weight excluding hydrogens is 414 g/mol. The van der Waals surface area contributed by atoms with Gasteiger partial charge in [0.05, 0.1) is 26.0 Å². The number of hydrogen-bond acceptors (Lipinski definition) is 8. The highest BCUT2D eigenvalue weighted by atomic mass is 16.5. The molecule has 0 amide bonds. The molecule has 0 aliphatic carbocycles. The average molecular weight is 433 g/mol. The summed E-state index contributed by atoms with van der Waals surface area (Å²) in [5.41, 5.74) is 1.01. The van der Waals surface area contributed by atoms with Crippen molar-refractivity contribution in [3.8, 4) is 29.3 Å². The quantitative estimate of drug-likeness (QED) is 0.396. The zero-order valence-electron chi connectivity index (χ0n) is 17.3. The summed E-state index contributed by atoms with van der Waals surface area (Å²) in [5.74, 6) is -0.393. The lowest BCUT2D eigenvalue weighted by Crippen LogP contribution is -2.07. The number of nitriles is 1. The van der Waals surface area contributed by atoms with Gasteiger partial charge < -0.3 is 24.1 Å². The number of benzene rings is 2. The Morgan fingerprint density at radius 1 is 1.12 bits per heavy atom. The van der Waals surface area contributed by atoms with Crippen molar-refractivity contribution >= 4 is 11.5 Å². The van der Waals surface area contributed by atoms with Crippen molar-refractivity contribution in [2.45, 2.75) is 6.61 Å². The van der Waals surface area contributed by atoms with Crippen molar-refractivity contribution in [2.75, 3.05) is 14.2 Å². The van der Waals surface area contributed by atoms with E-state index in [2.05, 4.69) is 16.0 Å². The predicted molar refractivity (Wildman–Crippen MR) is 113 cm³/mol. The molecule has 32 heavy (non-hydrogen) atoms. The van der Waals surface area contributed by atoms with Crippen LogP contribution in [-0.4, -0.2) is 35.3 Å². The van der Waals surface area contributed by atoms with E-state index < -0.39 is 5.97 Å². The van der Waals surface area contributed by atoms with Gasteiger partial charge in [-0.3, -0.25) is 0 Å². The highest BCUT2D eigenvalue weighted by Gasteiger charge is 2.24. The minimum absolute atomic E-state index is 0.0181. The molecule has 0 radical (unpaired) electrons. The van der Waals surface area contributed by atoms with Crippen LogP contribution in [0.2, 0.25) is 0 Å². The molecule has 0 unspecified atom stereocenters. The van der Waals surface area contributed by atoms with Crippen molar-refractivity contribution in [3.63, 3.8) is 0 Å². The van der Waals surface area contributed by atoms with Crippen LogP contribution in [-0.2, 0) is 16.1 Å². The van der Waals surface area contributed by atoms with Gasteiger partial charge in [-0.2, -0.15) is 5.26 Å². The molecule has 0 saturated carbocycles. The van der Waals surface area contributed by atoms with E-state index in [1.807, 2.05) is 6.07 Å². The van der Waals surface area contributed by atoms with Crippen molar-refractivity contribution < 1.29 is 28.8 Å². The van der Waals surface area contributed by atoms with Gasteiger partial charge in [-0.1, -0.05) is 24.3 Å². The van der Waals surface area contributed by atoms with Crippen LogP contribution in [0.5, 0.6) is 23.3 Å². The lowest BCUT2D eigenvalue weighted by molar-refractivity contribution is -0.130. The highest BCUT2D eigenvalue weighted by Crippen LogP contribution is 2.34. The predicted octanol–water partition coefficient (Wildman–Crippen LogP) is 3.80. The summed E-state index contributed by atoms with van der Waals surface area (Å²) in [6, 6.07) is 16.0. The lowest BCUT2D eigenvalue weighted by Gasteiger charge is -2.14. The Labute approximate surface area is 184 Å². The van der Waals surface area contributed by atoms with Crippen LogP contribution < -0.4 is 14.2 Å². The monoisotopic (exact) mass is 433 g/mol. The Morgan fingerprint density at radius 3 is 2.62 bits per heavy atom. The van der Waals surface area contributed by atoms with E-state index in [0.29, 0.717) is 17.1 Å². The van der Waals surface area contributed by atoms with Crippen molar-refractivity contribution in [1.82, 2.24) is 9.97 Å². The number of hydrogen-bond donors (Lipinski definition) is 1. The first kappa shape index (κ1) is 22.1. The molecule has 2 aromatic carbocycles. The maximum atomic E-state index is 11.7. The zero-order valence-corrected chi connectivity index (χ0v) is 17.3. The second-order valence-corrected chi connectivity index (χ2v) is 6.28. The Hall–Kier alpha value is -4.58. The number of carbonyl (C=O) groups is 1. The minimum atomic E-state index is -1.26. The van der Waals surface area contributed by atoms with Crippen molar-refractivity contribution in [3.05, 3.63) is 77.8 Å².